The number of phenolic OH excluding ortho intramolecular Hbond substituents is 2. The van der Waals surface area contributed by atoms with Gasteiger partial charge in [-0.1, -0.05) is 27.7 Å². The first kappa shape index (κ1) is 47.9. The molecule has 4 atom stereocenters. The van der Waals surface area contributed by atoms with E-state index in [1.54, 1.807) is 55.7 Å². The number of ether oxygens (including phenoxy) is 1. The highest BCUT2D eigenvalue weighted by atomic mass is 19.3. The van der Waals surface area contributed by atoms with Crippen LogP contribution in [0.3, 0.4) is 0 Å². The van der Waals surface area contributed by atoms with Gasteiger partial charge in [-0.3, -0.25) is 23.5 Å². The molecule has 2 aliphatic rings. The van der Waals surface area contributed by atoms with Gasteiger partial charge in [0.05, 0.1) is 18.0 Å². The second kappa shape index (κ2) is 19.8. The molecule has 3 amide bonds. The molecule has 67 heavy (non-hydrogen) atoms. The Balaban J connectivity index is 0.946. The van der Waals surface area contributed by atoms with Crippen LogP contribution in [-0.4, -0.2) is 123 Å². The lowest BCUT2D eigenvalue weighted by Crippen LogP contribution is -2.47. The van der Waals surface area contributed by atoms with Crippen molar-refractivity contribution in [2.24, 2.45) is 11.8 Å². The Morgan fingerprint density at radius 3 is 2.27 bits per heavy atom. The van der Waals surface area contributed by atoms with E-state index in [-0.39, 0.29) is 53.1 Å². The molecule has 0 spiro atoms. The minimum absolute atomic E-state index is 0.00934. The number of carbonyl (C=O) groups is 3. The molecule has 22 heteroatoms. The van der Waals surface area contributed by atoms with Gasteiger partial charge in [-0.25, -0.2) is 23.5 Å². The van der Waals surface area contributed by atoms with Crippen LogP contribution in [0.4, 0.5) is 20.4 Å². The van der Waals surface area contributed by atoms with Crippen LogP contribution in [0, 0.1) is 11.8 Å². The maximum Gasteiger partial charge on any atom is 0.349 e. The maximum atomic E-state index is 14.7. The number of hydrogen-bond donors (Lipinski definition) is 7. The van der Waals surface area contributed by atoms with Gasteiger partial charge in [0.2, 0.25) is 11.7 Å². The third-order valence-corrected chi connectivity index (χ3v) is 11.9. The van der Waals surface area contributed by atoms with Gasteiger partial charge in [0.15, 0.2) is 5.82 Å². The third kappa shape index (κ3) is 10.0. The summed E-state index contributed by atoms with van der Waals surface area (Å²) in [5, 5.41) is 56.9. The molecule has 356 valence electrons. The van der Waals surface area contributed by atoms with Crippen LogP contribution in [0.15, 0.2) is 65.8 Å². The second-order valence-corrected chi connectivity index (χ2v) is 17.2. The first-order valence-corrected chi connectivity index (χ1v) is 21.9. The number of piperidine rings is 1. The van der Waals surface area contributed by atoms with E-state index in [4.69, 9.17) is 4.74 Å². The van der Waals surface area contributed by atoms with Gasteiger partial charge in [-0.2, -0.15) is 4.98 Å². The van der Waals surface area contributed by atoms with Crippen LogP contribution in [-0.2, 0) is 4.79 Å². The Morgan fingerprint density at radius 2 is 1.67 bits per heavy atom. The molecule has 3 aromatic heterocycles. The predicted octanol–water partition coefficient (Wildman–Crippen LogP) is 3.56. The third-order valence-electron chi connectivity index (χ3n) is 11.9. The molecular formula is C45H53F2N11O9. The van der Waals surface area contributed by atoms with Crippen molar-refractivity contribution in [2.45, 2.75) is 90.0 Å². The number of phenols is 2. The molecule has 0 unspecified atom stereocenters. The molecule has 20 nitrogen and oxygen atoms in total. The predicted molar refractivity (Wildman–Crippen MR) is 239 cm³/mol. The summed E-state index contributed by atoms with van der Waals surface area (Å²) >= 11 is 0. The van der Waals surface area contributed by atoms with Gasteiger partial charge in [0.1, 0.15) is 58.9 Å². The molecule has 2 aromatic carbocycles. The number of nitrogens with one attached hydrogen (secondary N) is 3. The van der Waals surface area contributed by atoms with E-state index in [1.165, 1.54) is 18.5 Å². The maximum absolute atomic E-state index is 14.7. The molecule has 1 aliphatic heterocycles. The number of aromatic hydroxyl groups is 2. The SMILES string of the molecule is CCNC(=O)c1nnc(-c2cc(C(C)C)c(O)cc2O)n1-c1ccc(OC2CCN(c3cnc(C(=O)N[C@H](C(=O)Nc4ccn([C@@H]5C[C@H](CO)[C@@H](O)C5(F)F)c(=O)n4)C(C)C)cn3)CC2)cc1. The molecule has 7 N–H and O–H groups in total. The standard InChI is InChI=1S/C45H53F2N11O9/c1-6-48-43(65)40-55-54-39(30-18-29(23(2)3)32(60)19-33(30)61)58(40)26-7-9-27(10-8-26)67-28-11-14-56(15-12-28)36-21-49-31(20-50-36)41(63)53-37(24(4)5)42(64)51-35-13-16-57(44(66)52-35)34-17-25(22-59)38(62)45(34,46)47/h7-10,13,16,18-21,23-25,28,34,37-38,59-62H,6,11-12,14-15,17,22H2,1-5H3,(H,48,65)(H,53,63)(H,51,52,64,66)/t25-,34-,37+,38-/m1/s1. The highest BCUT2D eigenvalue weighted by Gasteiger charge is 2.57. The number of halogens is 2. The average Bonchev–Trinajstić information content (AvgIpc) is 3.83. The minimum atomic E-state index is -3.69. The van der Waals surface area contributed by atoms with Crippen molar-refractivity contribution < 1.29 is 48.3 Å². The summed E-state index contributed by atoms with van der Waals surface area (Å²) in [5.41, 5.74) is 0.274. The highest BCUT2D eigenvalue weighted by molar-refractivity contribution is 6.00. The molecule has 0 bridgehead atoms. The number of nitrogens with zero attached hydrogens (tertiary/aromatic N) is 8. The Bertz CT molecular complexity index is 2650. The van der Waals surface area contributed by atoms with Gasteiger partial charge in [0, 0.05) is 63.0 Å². The number of aliphatic hydroxyl groups excluding tert-OH is 2. The number of carbonyl (C=O) groups excluding carboxylic acids is 3. The fourth-order valence-electron chi connectivity index (χ4n) is 8.23. The summed E-state index contributed by atoms with van der Waals surface area (Å²) in [6.45, 7) is 9.78. The molecule has 2 fully saturated rings. The first-order valence-electron chi connectivity index (χ1n) is 21.9. The normalized spacial score (nSPS) is 18.8. The van der Waals surface area contributed by atoms with Crippen molar-refractivity contribution in [3.05, 3.63) is 88.6 Å². The van der Waals surface area contributed by atoms with Crippen molar-refractivity contribution in [3.8, 4) is 34.3 Å². The second-order valence-electron chi connectivity index (χ2n) is 17.2. The summed E-state index contributed by atoms with van der Waals surface area (Å²) in [4.78, 5) is 66.9. The number of amides is 3. The number of alkyl halides is 2. The number of aromatic nitrogens is 7. The van der Waals surface area contributed by atoms with E-state index in [0.29, 0.717) is 65.4 Å². The number of benzene rings is 2. The lowest BCUT2D eigenvalue weighted by molar-refractivity contribution is -0.123. The van der Waals surface area contributed by atoms with Crippen LogP contribution in [0.1, 0.15) is 92.5 Å². The fourth-order valence-corrected chi connectivity index (χ4v) is 8.23. The zero-order valence-electron chi connectivity index (χ0n) is 37.4. The molecular weight excluding hydrogens is 877 g/mol. The molecule has 0 radical (unpaired) electrons. The Labute approximate surface area is 383 Å². The topological polar surface area (TPSA) is 272 Å². The summed E-state index contributed by atoms with van der Waals surface area (Å²) in [6.07, 6.45) is 2.43. The van der Waals surface area contributed by atoms with Crippen molar-refractivity contribution >= 4 is 29.4 Å². The summed E-state index contributed by atoms with van der Waals surface area (Å²) < 4.78 is 38.0. The average molecular weight is 930 g/mol. The summed E-state index contributed by atoms with van der Waals surface area (Å²) in [5.74, 6) is -6.37. The van der Waals surface area contributed by atoms with Crippen molar-refractivity contribution in [1.29, 1.82) is 0 Å². The number of aliphatic hydroxyl groups is 2. The van der Waals surface area contributed by atoms with Gasteiger partial charge in [-0.05, 0) is 67.1 Å². The van der Waals surface area contributed by atoms with Gasteiger partial charge < -0.3 is 46.0 Å². The molecule has 1 saturated heterocycles. The fraction of sp³-hybridized carbons (Fsp3) is 0.444. The molecule has 1 aliphatic carbocycles. The van der Waals surface area contributed by atoms with Crippen LogP contribution < -0.4 is 31.3 Å². The van der Waals surface area contributed by atoms with Gasteiger partial charge >= 0.3 is 5.69 Å². The quantitative estimate of drug-likeness (QED) is 0.0791. The highest BCUT2D eigenvalue weighted by Crippen LogP contribution is 2.46. The van der Waals surface area contributed by atoms with E-state index in [2.05, 4.69) is 41.1 Å². The van der Waals surface area contributed by atoms with E-state index in [0.717, 1.165) is 12.3 Å². The van der Waals surface area contributed by atoms with E-state index in [1.807, 2.05) is 18.7 Å². The lowest BCUT2D eigenvalue weighted by atomic mass is 9.98. The van der Waals surface area contributed by atoms with Crippen molar-refractivity contribution in [2.75, 3.05) is 36.5 Å². The molecule has 1 saturated carbocycles. The molecule has 7 rings (SSSR count). The van der Waals surface area contributed by atoms with Gasteiger partial charge in [-0.15, -0.1) is 10.2 Å². The smallest absolute Gasteiger partial charge is 0.349 e. The monoisotopic (exact) mass is 929 g/mol. The number of rotatable bonds is 15. The van der Waals surface area contributed by atoms with Gasteiger partial charge in [0.25, 0.3) is 17.7 Å². The van der Waals surface area contributed by atoms with Crippen molar-refractivity contribution in [3.63, 3.8) is 0 Å². The van der Waals surface area contributed by atoms with E-state index < -0.39 is 66.0 Å². The molecule has 5 aromatic rings. The Kier molecular flexibility index (Phi) is 14.2. The summed E-state index contributed by atoms with van der Waals surface area (Å²) in [7, 11) is 0. The van der Waals surface area contributed by atoms with Crippen LogP contribution in [0.25, 0.3) is 17.1 Å². The van der Waals surface area contributed by atoms with Crippen LogP contribution in [0.5, 0.6) is 17.2 Å². The zero-order chi connectivity index (χ0) is 48.3. The lowest BCUT2D eigenvalue weighted by Gasteiger charge is -2.32. The van der Waals surface area contributed by atoms with Crippen LogP contribution >= 0.6 is 0 Å². The van der Waals surface area contributed by atoms with Crippen LogP contribution in [0.2, 0.25) is 0 Å². The summed E-state index contributed by atoms with van der Waals surface area (Å²) in [6, 6.07) is 8.25. The van der Waals surface area contributed by atoms with E-state index >= 15 is 0 Å². The van der Waals surface area contributed by atoms with E-state index in [9.17, 15) is 48.4 Å². The number of hydrogen-bond acceptors (Lipinski definition) is 15. The zero-order valence-corrected chi connectivity index (χ0v) is 37.4. The largest absolute Gasteiger partial charge is 0.508 e. The Hall–Kier alpha value is -7.07. The number of anilines is 2. The molecule has 4 heterocycles. The van der Waals surface area contributed by atoms with Crippen molar-refractivity contribution in [1.82, 2.24) is 44.9 Å². The minimum Gasteiger partial charge on any atom is -0.508 e. The Morgan fingerprint density at radius 1 is 0.955 bits per heavy atom. The first-order chi connectivity index (χ1) is 31.9.